The maximum atomic E-state index is 7.75. The van der Waals surface area contributed by atoms with Crippen LogP contribution in [0.2, 0.25) is 19.6 Å². The van der Waals surface area contributed by atoms with E-state index in [4.69, 9.17) is 4.79 Å². The van der Waals surface area contributed by atoms with Gasteiger partial charge in [-0.15, -0.1) is 0 Å². The van der Waals surface area contributed by atoms with Crippen LogP contribution in [0.4, 0.5) is 0 Å². The van der Waals surface area contributed by atoms with Crippen LogP contribution in [0.15, 0.2) is 91.0 Å². The average Bonchev–Trinajstić information content (AvgIpc) is 2.66. The molecule has 0 amide bonds. The summed E-state index contributed by atoms with van der Waals surface area (Å²) in [4.78, 5) is 7.75. The Kier molecular flexibility index (Phi) is 17.1. The summed E-state index contributed by atoms with van der Waals surface area (Å²) in [5, 5.41) is 4.31. The molecule has 0 aliphatic heterocycles. The fourth-order valence-electron chi connectivity index (χ4n) is 2.31. The predicted octanol–water partition coefficient (Wildman–Crippen LogP) is 4.72. The Morgan fingerprint density at radius 3 is 0.963 bits per heavy atom. The molecule has 0 aliphatic rings. The first kappa shape index (κ1) is 27.7. The minimum Gasteiger partial charge on any atom is -0.545 e. The van der Waals surface area contributed by atoms with Crippen LogP contribution in [0.1, 0.15) is 0 Å². The van der Waals surface area contributed by atoms with Crippen molar-refractivity contribution in [3.05, 3.63) is 98.4 Å². The van der Waals surface area contributed by atoms with Crippen molar-refractivity contribution >= 4 is 39.4 Å². The minimum atomic E-state index is -0.877. The fourth-order valence-corrected chi connectivity index (χ4v) is 4.89. The fraction of sp³-hybridized carbons (Fsp3) is 0.130. The molecule has 0 unspecified atom stereocenters. The molecule has 0 atom stereocenters. The van der Waals surface area contributed by atoms with Gasteiger partial charge in [-0.05, 0) is 36.4 Å². The van der Waals surface area contributed by atoms with Crippen molar-refractivity contribution in [1.82, 2.24) is 0 Å². The molecule has 3 rings (SSSR count). The summed E-state index contributed by atoms with van der Waals surface area (Å²) in [5.74, 6) is 0. The SMILES string of the molecule is C[Si](C)C.[CH-]=O.[CH3-].[Fe+2].c1ccc([PH+](c2ccccc2)c2ccccc2)cc1. The van der Waals surface area contributed by atoms with Gasteiger partial charge in [0.15, 0.2) is 0 Å². The Bertz CT molecular complexity index is 597. The molecule has 143 valence electrons. The molecule has 0 aromatic heterocycles. The maximum absolute atomic E-state index is 7.75. The molecule has 0 spiro atoms. The first-order valence-corrected chi connectivity index (χ1v) is 12.7. The molecule has 1 nitrogen and oxygen atoms in total. The van der Waals surface area contributed by atoms with E-state index in [9.17, 15) is 0 Å². The quantitative estimate of drug-likeness (QED) is 0.251. The molecule has 0 heterocycles. The van der Waals surface area contributed by atoms with Crippen LogP contribution in [0.3, 0.4) is 0 Å². The summed E-state index contributed by atoms with van der Waals surface area (Å²) >= 11 is 0. The topological polar surface area (TPSA) is 17.1 Å². The monoisotopic (exact) mass is 436 g/mol. The molecule has 0 bridgehead atoms. The van der Waals surface area contributed by atoms with E-state index in [2.05, 4.69) is 117 Å². The summed E-state index contributed by atoms with van der Waals surface area (Å²) in [5.41, 5.74) is 0. The van der Waals surface area contributed by atoms with E-state index in [1.807, 2.05) is 0 Å². The zero-order chi connectivity index (χ0) is 18.5. The van der Waals surface area contributed by atoms with Crippen LogP contribution in [-0.4, -0.2) is 15.6 Å². The Morgan fingerprint density at radius 2 is 0.778 bits per heavy atom. The van der Waals surface area contributed by atoms with Crippen LogP contribution in [-0.2, 0) is 21.9 Å². The average molecular weight is 436 g/mol. The number of rotatable bonds is 3. The van der Waals surface area contributed by atoms with E-state index in [0.717, 1.165) is 0 Å². The van der Waals surface area contributed by atoms with Gasteiger partial charge in [0.2, 0.25) is 0 Å². The molecule has 27 heavy (non-hydrogen) atoms. The number of hydrogen-bond acceptors (Lipinski definition) is 1. The first-order chi connectivity index (χ1) is 12.2. The van der Waals surface area contributed by atoms with E-state index >= 15 is 0 Å². The normalized spacial score (nSPS) is 8.93. The van der Waals surface area contributed by atoms with Crippen molar-refractivity contribution < 1.29 is 21.9 Å². The molecule has 3 aromatic carbocycles. The van der Waals surface area contributed by atoms with Gasteiger partial charge in [-0.2, -0.15) is 0 Å². The summed E-state index contributed by atoms with van der Waals surface area (Å²) < 4.78 is 0. The van der Waals surface area contributed by atoms with Gasteiger partial charge in [-0.1, -0.05) is 74.2 Å². The van der Waals surface area contributed by atoms with Crippen LogP contribution < -0.4 is 15.9 Å². The zero-order valence-corrected chi connectivity index (χ0v) is 19.6. The number of carbonyl (C=O) groups excluding carboxylic acids is 1. The van der Waals surface area contributed by atoms with E-state index in [1.165, 1.54) is 15.9 Å². The van der Waals surface area contributed by atoms with Crippen molar-refractivity contribution in [1.29, 1.82) is 0 Å². The van der Waals surface area contributed by atoms with Crippen molar-refractivity contribution in [2.45, 2.75) is 19.6 Å². The maximum Gasteiger partial charge on any atom is 2.00 e. The van der Waals surface area contributed by atoms with Crippen molar-refractivity contribution in [3.63, 3.8) is 0 Å². The summed E-state index contributed by atoms with van der Waals surface area (Å²) in [7, 11) is -0.757. The van der Waals surface area contributed by atoms with Crippen LogP contribution in [0, 0.1) is 7.43 Å². The molecule has 4 heteroatoms. The van der Waals surface area contributed by atoms with Gasteiger partial charge in [0, 0.05) is 8.80 Å². The van der Waals surface area contributed by atoms with E-state index < -0.39 is 7.92 Å². The van der Waals surface area contributed by atoms with E-state index in [-0.39, 0.29) is 33.3 Å². The third kappa shape index (κ3) is 10.4. The Labute approximate surface area is 179 Å². The summed E-state index contributed by atoms with van der Waals surface area (Å²) in [6, 6.07) is 32.5. The third-order valence-corrected chi connectivity index (χ3v) is 5.92. The van der Waals surface area contributed by atoms with Crippen LogP contribution in [0.25, 0.3) is 0 Å². The van der Waals surface area contributed by atoms with Crippen molar-refractivity contribution in [2.75, 3.05) is 0 Å². The second-order valence-electron chi connectivity index (χ2n) is 5.97. The van der Waals surface area contributed by atoms with E-state index in [0.29, 0.717) is 0 Å². The summed E-state index contributed by atoms with van der Waals surface area (Å²) in [6.07, 6.45) is 0. The van der Waals surface area contributed by atoms with Gasteiger partial charge < -0.3 is 12.2 Å². The largest absolute Gasteiger partial charge is 2.00 e. The van der Waals surface area contributed by atoms with Crippen molar-refractivity contribution in [3.8, 4) is 0 Å². The van der Waals surface area contributed by atoms with Gasteiger partial charge in [0.05, 0.1) is 7.92 Å². The third-order valence-electron chi connectivity index (χ3n) is 3.19. The molecular weight excluding hydrogens is 407 g/mol. The molecule has 0 fully saturated rings. The number of hydrogen-bond donors (Lipinski definition) is 0. The molecule has 0 aliphatic carbocycles. The predicted molar refractivity (Wildman–Crippen MR) is 123 cm³/mol. The van der Waals surface area contributed by atoms with Gasteiger partial charge in [0.25, 0.3) is 0 Å². The van der Waals surface area contributed by atoms with Gasteiger partial charge >= 0.3 is 17.1 Å². The Balaban J connectivity index is 0. The molecular formula is C23H29FeOPSi+. The molecule has 0 N–H and O–H groups in total. The van der Waals surface area contributed by atoms with Gasteiger partial charge in [-0.3, -0.25) is 6.79 Å². The molecule has 0 saturated carbocycles. The van der Waals surface area contributed by atoms with Crippen molar-refractivity contribution in [2.24, 2.45) is 0 Å². The molecule has 3 aromatic rings. The van der Waals surface area contributed by atoms with Gasteiger partial charge in [-0.25, -0.2) is 0 Å². The van der Waals surface area contributed by atoms with Crippen LogP contribution >= 0.6 is 7.92 Å². The van der Waals surface area contributed by atoms with E-state index in [1.54, 1.807) is 0 Å². The number of benzene rings is 3. The first-order valence-electron chi connectivity index (χ1n) is 8.22. The summed E-state index contributed by atoms with van der Waals surface area (Å²) in [6.45, 7) is 10.1. The molecule has 0 saturated heterocycles. The van der Waals surface area contributed by atoms with Gasteiger partial charge in [0.1, 0.15) is 15.9 Å². The second kappa shape index (κ2) is 16.7. The Morgan fingerprint density at radius 1 is 0.593 bits per heavy atom. The minimum absolute atomic E-state index is 0. The standard InChI is InChI=1S/C18H15P.C3H9Si.CHO.CH3.Fe/c1-4-10-16(11-5-1)19(17-12-6-2-7-13-17)18-14-8-3-9-15-18;1-4(2)3;1-2;;/h1-15H;1-3H3;1H;1H3;/q;;2*-1;+2/p+1. The Hall–Kier alpha value is -1.50. The molecule has 1 radical (unpaired) electrons. The smallest absolute Gasteiger partial charge is 0.545 e. The zero-order valence-electron chi connectivity index (χ0n) is 16.5. The van der Waals surface area contributed by atoms with Crippen LogP contribution in [0.5, 0.6) is 0 Å². The second-order valence-corrected chi connectivity index (χ2v) is 11.5.